The number of rotatable bonds is 2. The zero-order valence-electron chi connectivity index (χ0n) is 8.06. The van der Waals surface area contributed by atoms with Gasteiger partial charge in [0.25, 0.3) is 0 Å². The third kappa shape index (κ3) is 2.16. The van der Waals surface area contributed by atoms with Gasteiger partial charge in [-0.05, 0) is 22.0 Å². The zero-order chi connectivity index (χ0) is 12.6. The molecular weight excluding hydrogens is 300 g/mol. The van der Waals surface area contributed by atoms with Crippen molar-refractivity contribution in [2.45, 2.75) is 0 Å². The fraction of sp³-hybridized carbons (Fsp3) is 0. The van der Waals surface area contributed by atoms with Crippen LogP contribution in [0.1, 0.15) is 10.5 Å². The first-order chi connectivity index (χ1) is 7.99. The van der Waals surface area contributed by atoms with Crippen LogP contribution in [0, 0.1) is 11.6 Å². The fourth-order valence-corrected chi connectivity index (χ4v) is 1.50. The summed E-state index contributed by atoms with van der Waals surface area (Å²) >= 11 is 2.89. The molecule has 0 unspecified atom stereocenters. The van der Waals surface area contributed by atoms with E-state index < -0.39 is 17.6 Å². The number of nitrogens with zero attached hydrogens (tertiary/aromatic N) is 3. The topological polar surface area (TPSA) is 68.0 Å². The fourth-order valence-electron chi connectivity index (χ4n) is 1.17. The Morgan fingerprint density at radius 3 is 2.65 bits per heavy atom. The molecule has 2 aromatic rings. The van der Waals surface area contributed by atoms with Gasteiger partial charge in [-0.3, -0.25) is 0 Å². The SMILES string of the molecule is O=C(O)c1cn(-c2cc(Br)c(F)cc2F)nn1. The summed E-state index contributed by atoms with van der Waals surface area (Å²) in [7, 11) is 0. The van der Waals surface area contributed by atoms with Crippen molar-refractivity contribution < 1.29 is 18.7 Å². The van der Waals surface area contributed by atoms with E-state index in [4.69, 9.17) is 5.11 Å². The molecule has 0 aliphatic carbocycles. The van der Waals surface area contributed by atoms with Crippen LogP contribution >= 0.6 is 15.9 Å². The van der Waals surface area contributed by atoms with Crippen LogP contribution in [0.5, 0.6) is 0 Å². The minimum Gasteiger partial charge on any atom is -0.476 e. The van der Waals surface area contributed by atoms with E-state index in [9.17, 15) is 13.6 Å². The molecule has 0 bridgehead atoms. The van der Waals surface area contributed by atoms with Crippen molar-refractivity contribution >= 4 is 21.9 Å². The van der Waals surface area contributed by atoms with E-state index >= 15 is 0 Å². The van der Waals surface area contributed by atoms with Crippen molar-refractivity contribution in [3.8, 4) is 5.69 Å². The van der Waals surface area contributed by atoms with Crippen LogP contribution in [0.2, 0.25) is 0 Å². The Balaban J connectivity index is 2.52. The second-order valence-corrected chi connectivity index (χ2v) is 3.93. The van der Waals surface area contributed by atoms with Crippen molar-refractivity contribution in [1.29, 1.82) is 0 Å². The Hall–Kier alpha value is -1.83. The van der Waals surface area contributed by atoms with Gasteiger partial charge in [-0.15, -0.1) is 5.10 Å². The van der Waals surface area contributed by atoms with Crippen LogP contribution in [0.4, 0.5) is 8.78 Å². The van der Waals surface area contributed by atoms with E-state index in [2.05, 4.69) is 26.2 Å². The standard InChI is InChI=1S/C9H4BrF2N3O2/c10-4-1-8(6(12)2-5(4)11)15-3-7(9(16)17)13-14-15/h1-3H,(H,16,17). The predicted molar refractivity (Wildman–Crippen MR) is 55.9 cm³/mol. The summed E-state index contributed by atoms with van der Waals surface area (Å²) in [6.45, 7) is 0. The van der Waals surface area contributed by atoms with Gasteiger partial charge in [-0.25, -0.2) is 18.3 Å². The molecule has 5 nitrogen and oxygen atoms in total. The Labute approximate surface area is 102 Å². The molecule has 0 aliphatic heterocycles. The molecule has 0 spiro atoms. The number of hydrogen-bond acceptors (Lipinski definition) is 3. The van der Waals surface area contributed by atoms with Gasteiger partial charge in [0.05, 0.1) is 10.7 Å². The van der Waals surface area contributed by atoms with Gasteiger partial charge in [0.2, 0.25) is 0 Å². The molecule has 0 aliphatic rings. The third-order valence-corrected chi connectivity index (χ3v) is 2.56. The van der Waals surface area contributed by atoms with Crippen molar-refractivity contribution in [2.75, 3.05) is 0 Å². The van der Waals surface area contributed by atoms with Crippen LogP contribution < -0.4 is 0 Å². The van der Waals surface area contributed by atoms with E-state index in [1.54, 1.807) is 0 Å². The van der Waals surface area contributed by atoms with Gasteiger partial charge >= 0.3 is 5.97 Å². The highest BCUT2D eigenvalue weighted by atomic mass is 79.9. The monoisotopic (exact) mass is 303 g/mol. The highest BCUT2D eigenvalue weighted by Crippen LogP contribution is 2.22. The first kappa shape index (κ1) is 11.6. The average molecular weight is 304 g/mol. The molecule has 1 N–H and O–H groups in total. The largest absolute Gasteiger partial charge is 0.476 e. The zero-order valence-corrected chi connectivity index (χ0v) is 9.65. The van der Waals surface area contributed by atoms with Crippen molar-refractivity contribution in [3.63, 3.8) is 0 Å². The molecule has 0 fully saturated rings. The number of hydrogen-bond donors (Lipinski definition) is 1. The maximum atomic E-state index is 13.4. The summed E-state index contributed by atoms with van der Waals surface area (Å²) in [5, 5.41) is 15.4. The molecule has 0 atom stereocenters. The molecule has 1 aromatic carbocycles. The highest BCUT2D eigenvalue weighted by Gasteiger charge is 2.14. The lowest BCUT2D eigenvalue weighted by atomic mass is 10.3. The maximum Gasteiger partial charge on any atom is 0.358 e. The molecule has 0 saturated carbocycles. The van der Waals surface area contributed by atoms with Gasteiger partial charge in [0, 0.05) is 6.07 Å². The molecule has 8 heteroatoms. The molecule has 2 rings (SSSR count). The predicted octanol–water partition coefficient (Wildman–Crippen LogP) is 2.01. The quantitative estimate of drug-likeness (QED) is 0.862. The Morgan fingerprint density at radius 2 is 2.06 bits per heavy atom. The normalized spacial score (nSPS) is 10.5. The second-order valence-electron chi connectivity index (χ2n) is 3.07. The maximum absolute atomic E-state index is 13.4. The van der Waals surface area contributed by atoms with Gasteiger partial charge in [-0.1, -0.05) is 5.21 Å². The lowest BCUT2D eigenvalue weighted by molar-refractivity contribution is 0.0690. The van der Waals surface area contributed by atoms with Gasteiger partial charge in [-0.2, -0.15) is 0 Å². The number of halogens is 3. The van der Waals surface area contributed by atoms with Gasteiger partial charge < -0.3 is 5.11 Å². The van der Waals surface area contributed by atoms with E-state index in [0.717, 1.165) is 16.9 Å². The third-order valence-electron chi connectivity index (χ3n) is 1.95. The Bertz CT molecular complexity index is 600. The Morgan fingerprint density at radius 1 is 1.35 bits per heavy atom. The van der Waals surface area contributed by atoms with Crippen LogP contribution in [0.25, 0.3) is 5.69 Å². The van der Waals surface area contributed by atoms with Crippen molar-refractivity contribution in [2.24, 2.45) is 0 Å². The van der Waals surface area contributed by atoms with Crippen LogP contribution in [-0.2, 0) is 0 Å². The average Bonchev–Trinajstić information content (AvgIpc) is 2.72. The second kappa shape index (κ2) is 4.21. The molecule has 17 heavy (non-hydrogen) atoms. The molecule has 0 amide bonds. The van der Waals surface area contributed by atoms with Crippen LogP contribution in [0.3, 0.4) is 0 Å². The van der Waals surface area contributed by atoms with Crippen LogP contribution in [0.15, 0.2) is 22.8 Å². The lowest BCUT2D eigenvalue weighted by Gasteiger charge is -2.03. The minimum atomic E-state index is -1.28. The summed E-state index contributed by atoms with van der Waals surface area (Å²) in [5.41, 5.74) is -0.428. The number of carboxylic acids is 1. The number of aromatic carboxylic acids is 1. The summed E-state index contributed by atoms with van der Waals surface area (Å²) in [6, 6.07) is 1.81. The summed E-state index contributed by atoms with van der Waals surface area (Å²) in [6.07, 6.45) is 1.03. The van der Waals surface area contributed by atoms with Gasteiger partial charge in [0.1, 0.15) is 11.5 Å². The lowest BCUT2D eigenvalue weighted by Crippen LogP contribution is -2.00. The molecule has 88 valence electrons. The molecule has 0 saturated heterocycles. The van der Waals surface area contributed by atoms with E-state index in [1.807, 2.05) is 0 Å². The summed E-state index contributed by atoms with van der Waals surface area (Å²) in [5.74, 6) is -2.91. The van der Waals surface area contributed by atoms with Crippen LogP contribution in [-0.4, -0.2) is 26.1 Å². The number of aromatic nitrogens is 3. The number of carbonyl (C=O) groups is 1. The van der Waals surface area contributed by atoms with E-state index in [1.165, 1.54) is 0 Å². The first-order valence-electron chi connectivity index (χ1n) is 4.29. The van der Waals surface area contributed by atoms with E-state index in [-0.39, 0.29) is 15.9 Å². The number of carboxylic acid groups (broad SMARTS) is 1. The Kier molecular flexibility index (Phi) is 2.88. The number of benzene rings is 1. The first-order valence-corrected chi connectivity index (χ1v) is 5.09. The minimum absolute atomic E-state index is 0.0428. The molecule has 0 radical (unpaired) electrons. The van der Waals surface area contributed by atoms with E-state index in [0.29, 0.717) is 6.07 Å². The summed E-state index contributed by atoms with van der Waals surface area (Å²) in [4.78, 5) is 10.6. The van der Waals surface area contributed by atoms with Crippen molar-refractivity contribution in [3.05, 3.63) is 40.1 Å². The molecule has 1 aromatic heterocycles. The molecular formula is C9H4BrF2N3O2. The van der Waals surface area contributed by atoms with Crippen molar-refractivity contribution in [1.82, 2.24) is 15.0 Å². The highest BCUT2D eigenvalue weighted by molar-refractivity contribution is 9.10. The summed E-state index contributed by atoms with van der Waals surface area (Å²) < 4.78 is 27.4. The molecule has 1 heterocycles. The van der Waals surface area contributed by atoms with Gasteiger partial charge in [0.15, 0.2) is 11.5 Å². The smallest absolute Gasteiger partial charge is 0.358 e.